The van der Waals surface area contributed by atoms with Gasteiger partial charge in [-0.25, -0.2) is 9.97 Å². The van der Waals surface area contributed by atoms with Gasteiger partial charge in [-0.1, -0.05) is 67.0 Å². The molecule has 0 unspecified atom stereocenters. The summed E-state index contributed by atoms with van der Waals surface area (Å²) < 4.78 is 29.2. The van der Waals surface area contributed by atoms with Crippen LogP contribution < -0.4 is 0 Å². The van der Waals surface area contributed by atoms with Crippen molar-refractivity contribution in [2.45, 2.75) is 102 Å². The third-order valence-electron chi connectivity index (χ3n) is 7.38. The second-order valence-corrected chi connectivity index (χ2v) is 19.9. The second-order valence-electron chi connectivity index (χ2n) is 10.7. The Labute approximate surface area is 209 Å². The number of rotatable bonds is 5. The Hall–Kier alpha value is -0.856. The van der Waals surface area contributed by atoms with Crippen LogP contribution in [0.1, 0.15) is 61.6 Å². The van der Waals surface area contributed by atoms with Crippen molar-refractivity contribution in [2.24, 2.45) is 0 Å². The normalized spacial score (nSPS) is 29.2. The fraction of sp³-hybridized carbons (Fsp3) is 0.739. The first-order valence-corrected chi connectivity index (χ1v) is 16.6. The summed E-state index contributed by atoms with van der Waals surface area (Å²) in [5.74, 6) is 0. The number of fused-ring (bicyclic) bond motifs is 2. The second kappa shape index (κ2) is 9.55. The highest BCUT2D eigenvalue weighted by Gasteiger charge is 2.61. The molecule has 2 fully saturated rings. The van der Waals surface area contributed by atoms with Gasteiger partial charge < -0.3 is 27.4 Å². The maximum Gasteiger partial charge on any atom is 0.335 e. The average Bonchev–Trinajstić information content (AvgIpc) is 3.29. The molecule has 2 aliphatic heterocycles. The Morgan fingerprint density at radius 2 is 1.62 bits per heavy atom. The van der Waals surface area contributed by atoms with Crippen molar-refractivity contribution >= 4 is 39.8 Å². The van der Waals surface area contributed by atoms with Gasteiger partial charge >= 0.3 is 17.1 Å². The van der Waals surface area contributed by atoms with Crippen LogP contribution in [0.4, 0.5) is 0 Å². The molecule has 2 aliphatic rings. The van der Waals surface area contributed by atoms with Gasteiger partial charge in [0.05, 0.1) is 12.0 Å². The highest BCUT2D eigenvalue weighted by Crippen LogP contribution is 2.48. The van der Waals surface area contributed by atoms with E-state index in [0.29, 0.717) is 22.8 Å². The van der Waals surface area contributed by atoms with Gasteiger partial charge in [-0.3, -0.25) is 0 Å². The molecule has 2 aromatic heterocycles. The Morgan fingerprint density at radius 3 is 2.21 bits per heavy atom. The molecular weight excluding hydrogens is 490 g/mol. The van der Waals surface area contributed by atoms with Crippen molar-refractivity contribution < 1.29 is 22.8 Å². The zero-order valence-electron chi connectivity index (χ0n) is 21.4. The van der Waals surface area contributed by atoms with E-state index >= 15 is 0 Å². The Bertz CT molecular complexity index is 1000. The molecule has 4 heterocycles. The molecule has 1 N–H and O–H groups in total. The van der Waals surface area contributed by atoms with Crippen LogP contribution in [0.3, 0.4) is 0 Å². The van der Waals surface area contributed by atoms with Gasteiger partial charge in [-0.2, -0.15) is 0 Å². The van der Waals surface area contributed by atoms with E-state index in [4.69, 9.17) is 29.3 Å². The third-order valence-corrected chi connectivity index (χ3v) is 17.9. The molecule has 11 heteroatoms. The van der Waals surface area contributed by atoms with E-state index in [0.717, 1.165) is 0 Å². The molecule has 0 amide bonds. The molecule has 2 saturated heterocycles. The van der Waals surface area contributed by atoms with E-state index in [9.17, 15) is 5.11 Å². The van der Waals surface area contributed by atoms with E-state index in [1.807, 2.05) is 16.8 Å². The summed E-state index contributed by atoms with van der Waals surface area (Å²) in [4.78, 5) is 8.44. The highest BCUT2D eigenvalue weighted by molar-refractivity contribution is 6.84. The number of hydrogen-bond donors (Lipinski definition) is 1. The van der Waals surface area contributed by atoms with Gasteiger partial charge in [0.25, 0.3) is 0 Å². The zero-order valence-corrected chi connectivity index (χ0v) is 24.1. The minimum atomic E-state index is -2.84. The van der Waals surface area contributed by atoms with Crippen LogP contribution in [0, 0.1) is 0 Å². The van der Waals surface area contributed by atoms with Crippen molar-refractivity contribution in [2.75, 3.05) is 6.61 Å². The predicted octanol–water partition coefficient (Wildman–Crippen LogP) is 5.30. The highest BCUT2D eigenvalue weighted by atomic mass is 35.5. The molecule has 4 rings (SSSR count). The van der Waals surface area contributed by atoms with Crippen LogP contribution in [0.2, 0.25) is 27.3 Å². The lowest BCUT2D eigenvalue weighted by atomic mass is 10.1. The Balaban J connectivity index is 1.77. The van der Waals surface area contributed by atoms with Crippen LogP contribution >= 0.6 is 11.6 Å². The summed E-state index contributed by atoms with van der Waals surface area (Å²) in [6, 6.07) is 1.84. The molecule has 4 atom stereocenters. The summed E-state index contributed by atoms with van der Waals surface area (Å²) in [7, 11) is -5.52. The molecule has 0 aliphatic carbocycles. The van der Waals surface area contributed by atoms with Crippen LogP contribution in [0.15, 0.2) is 18.6 Å². The van der Waals surface area contributed by atoms with Crippen molar-refractivity contribution in [3.05, 3.63) is 23.7 Å². The van der Waals surface area contributed by atoms with Crippen molar-refractivity contribution in [1.82, 2.24) is 14.5 Å². The summed E-state index contributed by atoms with van der Waals surface area (Å²) in [6.07, 6.45) is 0.653. The maximum absolute atomic E-state index is 11.5. The first-order valence-electron chi connectivity index (χ1n) is 12.3. The summed E-state index contributed by atoms with van der Waals surface area (Å²) in [5.41, 5.74) is 1.44. The lowest BCUT2D eigenvalue weighted by Crippen LogP contribution is -2.65. The van der Waals surface area contributed by atoms with Gasteiger partial charge in [0.1, 0.15) is 35.4 Å². The smallest absolute Gasteiger partial charge is 0.335 e. The fourth-order valence-corrected chi connectivity index (χ4v) is 16.9. The largest absolute Gasteiger partial charge is 0.414 e. The first kappa shape index (κ1) is 26.2. The minimum absolute atomic E-state index is 0.171. The molecule has 0 saturated carbocycles. The standard InChI is InChI=1S/C23H38ClN3O5Si2/c1-13(2)33(14(3)4)29-11-18-20(31-34(32-33,15(5)6)16(7)8)19(28)23(30-18)27-10-9-17-21(24)25-12-26-22(17)27/h9-10,12-16,18-20,23,28H,11H2,1-8H3/t18-,19-,20-,23-/m1/s1. The van der Waals surface area contributed by atoms with E-state index < -0.39 is 41.7 Å². The number of aromatic nitrogens is 3. The molecule has 0 aromatic carbocycles. The molecule has 2 aromatic rings. The lowest BCUT2D eigenvalue weighted by Gasteiger charge is -2.51. The first-order chi connectivity index (χ1) is 15.9. The topological polar surface area (TPSA) is 87.9 Å². The number of halogens is 1. The van der Waals surface area contributed by atoms with E-state index in [1.54, 1.807) is 0 Å². The summed E-state index contributed by atoms with van der Waals surface area (Å²) in [6.45, 7) is 17.7. The van der Waals surface area contributed by atoms with Crippen molar-refractivity contribution in [3.63, 3.8) is 0 Å². The number of hydrogen-bond acceptors (Lipinski definition) is 7. The Kier molecular flexibility index (Phi) is 7.36. The van der Waals surface area contributed by atoms with Gasteiger partial charge in [-0.05, 0) is 28.2 Å². The number of nitrogens with zero attached hydrogens (tertiary/aromatic N) is 3. The third kappa shape index (κ3) is 4.09. The van der Waals surface area contributed by atoms with Crippen molar-refractivity contribution in [3.8, 4) is 0 Å². The van der Waals surface area contributed by atoms with Crippen molar-refractivity contribution in [1.29, 1.82) is 0 Å². The van der Waals surface area contributed by atoms with Crippen LogP contribution in [-0.2, 0) is 17.7 Å². The predicted molar refractivity (Wildman–Crippen MR) is 136 cm³/mol. The Morgan fingerprint density at radius 1 is 1.00 bits per heavy atom. The monoisotopic (exact) mass is 527 g/mol. The average molecular weight is 528 g/mol. The van der Waals surface area contributed by atoms with Crippen LogP contribution in [0.25, 0.3) is 11.0 Å². The molecule has 0 spiro atoms. The molecular formula is C23H38ClN3O5Si2. The molecule has 190 valence electrons. The molecule has 8 nitrogen and oxygen atoms in total. The minimum Gasteiger partial charge on any atom is -0.414 e. The van der Waals surface area contributed by atoms with Crippen LogP contribution in [0.5, 0.6) is 0 Å². The summed E-state index contributed by atoms with van der Waals surface area (Å²) >= 11 is 6.26. The molecule has 0 radical (unpaired) electrons. The van der Waals surface area contributed by atoms with E-state index in [1.165, 1.54) is 6.33 Å². The fourth-order valence-electron chi connectivity index (χ4n) is 5.51. The molecule has 34 heavy (non-hydrogen) atoms. The van der Waals surface area contributed by atoms with Gasteiger partial charge in [0, 0.05) is 6.20 Å². The SMILES string of the molecule is CC(C)[Si]1(C(C)C)OC[C@H]2O[C@@H](n3ccc4c(Cl)ncnc43)[C@H](O)[C@@H]2O[Si](C(C)C)(C(C)C)O1. The van der Waals surface area contributed by atoms with Gasteiger partial charge in [0.15, 0.2) is 6.23 Å². The quantitative estimate of drug-likeness (QED) is 0.417. The molecule has 0 bridgehead atoms. The maximum atomic E-state index is 11.5. The van der Waals surface area contributed by atoms with Crippen LogP contribution in [-0.4, -0.2) is 61.7 Å². The van der Waals surface area contributed by atoms with Gasteiger partial charge in [0.2, 0.25) is 0 Å². The number of aliphatic hydroxyl groups excluding tert-OH is 1. The van der Waals surface area contributed by atoms with E-state index in [-0.39, 0.29) is 22.2 Å². The van der Waals surface area contributed by atoms with Gasteiger partial charge in [-0.15, -0.1) is 0 Å². The zero-order chi connectivity index (χ0) is 25.0. The van der Waals surface area contributed by atoms with E-state index in [2.05, 4.69) is 65.4 Å². The number of ether oxygens (including phenoxy) is 1. The number of aliphatic hydroxyl groups is 1. The lowest BCUT2D eigenvalue weighted by molar-refractivity contribution is -0.0568. The summed E-state index contributed by atoms with van der Waals surface area (Å²) in [5, 5.41) is 12.6.